The van der Waals surface area contributed by atoms with Gasteiger partial charge in [-0.15, -0.1) is 0 Å². The summed E-state index contributed by atoms with van der Waals surface area (Å²) in [7, 11) is 5.61. The van der Waals surface area contributed by atoms with E-state index in [0.717, 1.165) is 12.2 Å². The Labute approximate surface area is 116 Å². The molecule has 108 valence electrons. The van der Waals surface area contributed by atoms with Crippen molar-refractivity contribution >= 4 is 11.8 Å². The van der Waals surface area contributed by atoms with Crippen LogP contribution in [0.25, 0.3) is 0 Å². The van der Waals surface area contributed by atoms with E-state index in [2.05, 4.69) is 4.74 Å². The van der Waals surface area contributed by atoms with Gasteiger partial charge in [-0.05, 0) is 18.2 Å². The van der Waals surface area contributed by atoms with Crippen molar-refractivity contribution in [2.24, 2.45) is 0 Å². The zero-order valence-electron chi connectivity index (χ0n) is 11.8. The van der Waals surface area contributed by atoms with E-state index in [1.807, 2.05) is 0 Å². The Kier molecular flexibility index (Phi) is 5.58. The third-order valence-corrected chi connectivity index (χ3v) is 2.52. The average molecular weight is 280 g/mol. The lowest BCUT2D eigenvalue weighted by molar-refractivity contribution is -0.134. The molecule has 0 fully saturated rings. The summed E-state index contributed by atoms with van der Waals surface area (Å²) in [4.78, 5) is 22.9. The smallest absolute Gasteiger partial charge is 0.330 e. The van der Waals surface area contributed by atoms with Crippen LogP contribution in [0.3, 0.4) is 0 Å². The van der Waals surface area contributed by atoms with E-state index < -0.39 is 5.97 Å². The van der Waals surface area contributed by atoms with Gasteiger partial charge < -0.3 is 18.9 Å². The lowest BCUT2D eigenvalue weighted by Gasteiger charge is -2.13. The number of hydrogen-bond acceptors (Lipinski definition) is 6. The van der Waals surface area contributed by atoms with Gasteiger partial charge in [-0.2, -0.15) is 0 Å². The Morgan fingerprint density at radius 2 is 1.45 bits per heavy atom. The van der Waals surface area contributed by atoms with Gasteiger partial charge in [0.15, 0.2) is 17.3 Å². The lowest BCUT2D eigenvalue weighted by Crippen LogP contribution is -2.02. The van der Waals surface area contributed by atoms with Crippen LogP contribution in [-0.4, -0.2) is 40.2 Å². The van der Waals surface area contributed by atoms with Crippen LogP contribution in [0.5, 0.6) is 17.2 Å². The van der Waals surface area contributed by atoms with Crippen molar-refractivity contribution in [1.29, 1.82) is 0 Å². The minimum Gasteiger partial charge on any atom is -0.493 e. The maximum Gasteiger partial charge on any atom is 0.330 e. The molecule has 0 N–H and O–H groups in total. The molecule has 0 amide bonds. The molecule has 1 rings (SSSR count). The molecule has 1 aromatic rings. The molecule has 0 spiro atoms. The van der Waals surface area contributed by atoms with Crippen molar-refractivity contribution in [2.45, 2.75) is 0 Å². The molecule has 0 radical (unpaired) electrons. The summed E-state index contributed by atoms with van der Waals surface area (Å²) in [6.45, 7) is 0. The minimum atomic E-state index is -0.606. The first-order valence-corrected chi connectivity index (χ1v) is 5.67. The highest BCUT2D eigenvalue weighted by Gasteiger charge is 2.15. The van der Waals surface area contributed by atoms with Crippen LogP contribution in [-0.2, 0) is 9.53 Å². The SMILES string of the molecule is COC(=O)/C=C/C(=O)c1cc(OC)c(OC)c(OC)c1. The van der Waals surface area contributed by atoms with Crippen molar-refractivity contribution in [1.82, 2.24) is 0 Å². The number of carbonyl (C=O) groups excluding carboxylic acids is 2. The van der Waals surface area contributed by atoms with Crippen molar-refractivity contribution < 1.29 is 28.5 Å². The Bertz CT molecular complexity index is 507. The van der Waals surface area contributed by atoms with Gasteiger partial charge in [-0.25, -0.2) is 4.79 Å². The van der Waals surface area contributed by atoms with Crippen LogP contribution < -0.4 is 14.2 Å². The Hall–Kier alpha value is -2.50. The first-order chi connectivity index (χ1) is 9.57. The van der Waals surface area contributed by atoms with E-state index in [0.29, 0.717) is 22.8 Å². The highest BCUT2D eigenvalue weighted by Crippen LogP contribution is 2.38. The molecule has 6 nitrogen and oxygen atoms in total. The molecule has 0 aliphatic rings. The van der Waals surface area contributed by atoms with E-state index >= 15 is 0 Å². The number of methoxy groups -OCH3 is 4. The molecule has 6 heteroatoms. The first kappa shape index (κ1) is 15.6. The number of rotatable bonds is 6. The van der Waals surface area contributed by atoms with Crippen LogP contribution in [0.15, 0.2) is 24.3 Å². The summed E-state index contributed by atoms with van der Waals surface area (Å²) in [5.41, 5.74) is 0.305. The third kappa shape index (κ3) is 3.50. The molecular weight excluding hydrogens is 264 g/mol. The summed E-state index contributed by atoms with van der Waals surface area (Å²) in [6, 6.07) is 3.01. The molecule has 0 saturated carbocycles. The van der Waals surface area contributed by atoms with Gasteiger partial charge in [0.05, 0.1) is 28.4 Å². The topological polar surface area (TPSA) is 71.1 Å². The summed E-state index contributed by atoms with van der Waals surface area (Å²) in [6.07, 6.45) is 2.16. The summed E-state index contributed by atoms with van der Waals surface area (Å²) < 4.78 is 19.9. The molecule has 20 heavy (non-hydrogen) atoms. The largest absolute Gasteiger partial charge is 0.493 e. The Morgan fingerprint density at radius 3 is 1.85 bits per heavy atom. The predicted molar refractivity (Wildman–Crippen MR) is 71.6 cm³/mol. The summed E-state index contributed by atoms with van der Waals surface area (Å²) >= 11 is 0. The second-order valence-electron chi connectivity index (χ2n) is 3.63. The van der Waals surface area contributed by atoms with Gasteiger partial charge in [0.25, 0.3) is 0 Å². The second-order valence-corrected chi connectivity index (χ2v) is 3.63. The molecule has 0 aromatic heterocycles. The zero-order valence-corrected chi connectivity index (χ0v) is 11.8. The number of allylic oxidation sites excluding steroid dienone is 1. The van der Waals surface area contributed by atoms with Gasteiger partial charge in [0.1, 0.15) is 0 Å². The minimum absolute atomic E-state index is 0.305. The van der Waals surface area contributed by atoms with Crippen molar-refractivity contribution in [3.63, 3.8) is 0 Å². The standard InChI is InChI=1S/C14H16O6/c1-17-11-7-9(8-12(18-2)14(11)20-4)10(15)5-6-13(16)19-3/h5-8H,1-4H3/b6-5+. The number of esters is 1. The van der Waals surface area contributed by atoms with Crippen LogP contribution in [0, 0.1) is 0 Å². The van der Waals surface area contributed by atoms with Gasteiger partial charge in [0, 0.05) is 11.6 Å². The number of ether oxygens (including phenoxy) is 4. The van der Waals surface area contributed by atoms with E-state index in [4.69, 9.17) is 14.2 Å². The Morgan fingerprint density at radius 1 is 0.900 bits per heavy atom. The molecule has 0 unspecified atom stereocenters. The van der Waals surface area contributed by atoms with Crippen LogP contribution in [0.1, 0.15) is 10.4 Å². The van der Waals surface area contributed by atoms with Crippen LogP contribution >= 0.6 is 0 Å². The van der Waals surface area contributed by atoms with Crippen molar-refractivity contribution in [3.8, 4) is 17.2 Å². The lowest BCUT2D eigenvalue weighted by atomic mass is 10.1. The monoisotopic (exact) mass is 280 g/mol. The summed E-state index contributed by atoms with van der Waals surface area (Å²) in [5, 5.41) is 0. The molecule has 0 bridgehead atoms. The Balaban J connectivity index is 3.16. The number of carbonyl (C=O) groups is 2. The normalized spacial score (nSPS) is 10.2. The maximum absolute atomic E-state index is 12.0. The van der Waals surface area contributed by atoms with Crippen LogP contribution in [0.4, 0.5) is 0 Å². The molecule has 0 heterocycles. The molecule has 0 aliphatic heterocycles. The number of ketones is 1. The van der Waals surface area contributed by atoms with E-state index in [1.165, 1.54) is 40.6 Å². The predicted octanol–water partition coefficient (Wildman–Crippen LogP) is 1.62. The molecule has 0 saturated heterocycles. The molecule has 0 atom stereocenters. The second kappa shape index (κ2) is 7.18. The molecule has 0 aliphatic carbocycles. The highest BCUT2D eigenvalue weighted by molar-refractivity contribution is 6.07. The highest BCUT2D eigenvalue weighted by atomic mass is 16.5. The third-order valence-electron chi connectivity index (χ3n) is 2.52. The van der Waals surface area contributed by atoms with E-state index in [1.54, 1.807) is 0 Å². The fourth-order valence-corrected chi connectivity index (χ4v) is 1.53. The van der Waals surface area contributed by atoms with Gasteiger partial charge >= 0.3 is 5.97 Å². The zero-order chi connectivity index (χ0) is 15.1. The molecule has 1 aromatic carbocycles. The first-order valence-electron chi connectivity index (χ1n) is 5.67. The quantitative estimate of drug-likeness (QED) is 0.448. The fraction of sp³-hybridized carbons (Fsp3) is 0.286. The van der Waals surface area contributed by atoms with Crippen LogP contribution in [0.2, 0.25) is 0 Å². The maximum atomic E-state index is 12.0. The van der Waals surface area contributed by atoms with Crippen molar-refractivity contribution in [3.05, 3.63) is 29.8 Å². The molecular formula is C14H16O6. The fourth-order valence-electron chi connectivity index (χ4n) is 1.53. The summed E-state index contributed by atoms with van der Waals surface area (Å²) in [5.74, 6) is 0.132. The average Bonchev–Trinajstić information content (AvgIpc) is 2.50. The van der Waals surface area contributed by atoms with Gasteiger partial charge in [-0.3, -0.25) is 4.79 Å². The van der Waals surface area contributed by atoms with E-state index in [9.17, 15) is 9.59 Å². The number of benzene rings is 1. The van der Waals surface area contributed by atoms with Gasteiger partial charge in [-0.1, -0.05) is 0 Å². The van der Waals surface area contributed by atoms with Gasteiger partial charge in [0.2, 0.25) is 5.75 Å². The number of hydrogen-bond donors (Lipinski definition) is 0. The van der Waals surface area contributed by atoms with E-state index in [-0.39, 0.29) is 5.78 Å². The van der Waals surface area contributed by atoms with Crippen molar-refractivity contribution in [2.75, 3.05) is 28.4 Å².